The fraction of sp³-hybridized carbons (Fsp3) is 0.846. The maximum atomic E-state index is 9.65. The van der Waals surface area contributed by atoms with E-state index in [0.29, 0.717) is 5.92 Å². The van der Waals surface area contributed by atoms with Crippen molar-refractivity contribution >= 4 is 0 Å². The zero-order valence-corrected chi connectivity index (χ0v) is 10.0. The standard InChI is InChI=1S/C13H22O2/c1-13(2,3)11-10(12(14)15-11)9-7-5-4-6-8-9/h9,11,14H,4-8H2,1-3H3. The van der Waals surface area contributed by atoms with Crippen molar-refractivity contribution in [2.75, 3.05) is 0 Å². The molecule has 2 rings (SSSR count). The molecular formula is C13H22O2. The van der Waals surface area contributed by atoms with Crippen LogP contribution in [0.4, 0.5) is 0 Å². The van der Waals surface area contributed by atoms with Crippen LogP contribution in [0, 0.1) is 11.3 Å². The summed E-state index contributed by atoms with van der Waals surface area (Å²) in [4.78, 5) is 0. The molecule has 0 radical (unpaired) electrons. The average Bonchev–Trinajstić information content (AvgIpc) is 2.14. The van der Waals surface area contributed by atoms with Gasteiger partial charge in [-0.15, -0.1) is 0 Å². The van der Waals surface area contributed by atoms with Gasteiger partial charge in [0.2, 0.25) is 0 Å². The Kier molecular flexibility index (Phi) is 2.70. The summed E-state index contributed by atoms with van der Waals surface area (Å²) in [6.07, 6.45) is 6.56. The Morgan fingerprint density at radius 1 is 1.13 bits per heavy atom. The van der Waals surface area contributed by atoms with E-state index in [4.69, 9.17) is 4.74 Å². The van der Waals surface area contributed by atoms with Gasteiger partial charge in [0.05, 0.1) is 5.57 Å². The predicted octanol–water partition coefficient (Wildman–Crippen LogP) is 3.78. The molecule has 2 nitrogen and oxygen atoms in total. The van der Waals surface area contributed by atoms with E-state index >= 15 is 0 Å². The number of aliphatic hydroxyl groups excluding tert-OH is 1. The Hall–Kier alpha value is -0.660. The van der Waals surface area contributed by atoms with Crippen LogP contribution in [0.2, 0.25) is 0 Å². The van der Waals surface area contributed by atoms with E-state index in [-0.39, 0.29) is 17.5 Å². The first kappa shape index (κ1) is 10.8. The smallest absolute Gasteiger partial charge is 0.280 e. The lowest BCUT2D eigenvalue weighted by molar-refractivity contribution is -0.0713. The highest BCUT2D eigenvalue weighted by Crippen LogP contribution is 2.45. The van der Waals surface area contributed by atoms with Gasteiger partial charge in [0, 0.05) is 5.41 Å². The Morgan fingerprint density at radius 3 is 2.20 bits per heavy atom. The van der Waals surface area contributed by atoms with Crippen molar-refractivity contribution < 1.29 is 9.84 Å². The van der Waals surface area contributed by atoms with E-state index in [9.17, 15) is 5.11 Å². The van der Waals surface area contributed by atoms with Crippen molar-refractivity contribution in [2.24, 2.45) is 11.3 Å². The molecule has 0 aromatic carbocycles. The molecule has 15 heavy (non-hydrogen) atoms. The molecule has 1 saturated carbocycles. The van der Waals surface area contributed by atoms with E-state index in [1.165, 1.54) is 37.7 Å². The highest BCUT2D eigenvalue weighted by Gasteiger charge is 2.44. The number of hydrogen-bond acceptors (Lipinski definition) is 2. The summed E-state index contributed by atoms with van der Waals surface area (Å²) in [5.74, 6) is 0.804. The van der Waals surface area contributed by atoms with Crippen molar-refractivity contribution in [1.82, 2.24) is 0 Å². The van der Waals surface area contributed by atoms with Gasteiger partial charge in [-0.1, -0.05) is 40.0 Å². The molecule has 1 atom stereocenters. The molecule has 1 fully saturated rings. The molecule has 1 aliphatic heterocycles. The summed E-state index contributed by atoms with van der Waals surface area (Å²) in [6, 6.07) is 0. The molecule has 0 saturated heterocycles. The zero-order valence-electron chi connectivity index (χ0n) is 10.0. The third-order valence-corrected chi connectivity index (χ3v) is 3.59. The number of ether oxygens (including phenoxy) is 1. The van der Waals surface area contributed by atoms with Gasteiger partial charge in [-0.2, -0.15) is 0 Å². The number of rotatable bonds is 1. The van der Waals surface area contributed by atoms with Gasteiger partial charge in [0.1, 0.15) is 6.10 Å². The van der Waals surface area contributed by atoms with Gasteiger partial charge < -0.3 is 9.84 Å². The molecule has 0 bridgehead atoms. The predicted molar refractivity (Wildman–Crippen MR) is 60.6 cm³/mol. The normalized spacial score (nSPS) is 28.6. The van der Waals surface area contributed by atoms with Crippen LogP contribution in [-0.2, 0) is 4.74 Å². The first-order valence-corrected chi connectivity index (χ1v) is 6.10. The van der Waals surface area contributed by atoms with Crippen LogP contribution in [0.1, 0.15) is 52.9 Å². The fourth-order valence-corrected chi connectivity index (χ4v) is 2.74. The molecule has 0 aromatic heterocycles. The van der Waals surface area contributed by atoms with Crippen LogP contribution in [0.25, 0.3) is 0 Å². The topological polar surface area (TPSA) is 29.5 Å². The molecular weight excluding hydrogens is 188 g/mol. The van der Waals surface area contributed by atoms with Gasteiger partial charge >= 0.3 is 0 Å². The number of hydrogen-bond donors (Lipinski definition) is 1. The molecule has 1 heterocycles. The van der Waals surface area contributed by atoms with Crippen molar-refractivity contribution in [2.45, 2.75) is 59.0 Å². The third kappa shape index (κ3) is 1.99. The molecule has 1 N–H and O–H groups in total. The number of aliphatic hydroxyl groups is 1. The van der Waals surface area contributed by atoms with E-state index in [1.807, 2.05) is 0 Å². The van der Waals surface area contributed by atoms with Crippen LogP contribution in [0.3, 0.4) is 0 Å². The fourth-order valence-electron chi connectivity index (χ4n) is 2.74. The monoisotopic (exact) mass is 210 g/mol. The van der Waals surface area contributed by atoms with Gasteiger partial charge in [0.25, 0.3) is 5.95 Å². The van der Waals surface area contributed by atoms with Crippen molar-refractivity contribution in [3.05, 3.63) is 11.5 Å². The minimum atomic E-state index is 0.110. The summed E-state index contributed by atoms with van der Waals surface area (Å²) < 4.78 is 5.40. The van der Waals surface area contributed by atoms with Crippen molar-refractivity contribution in [3.8, 4) is 0 Å². The highest BCUT2D eigenvalue weighted by atomic mass is 16.6. The first-order chi connectivity index (χ1) is 7.00. The maximum Gasteiger partial charge on any atom is 0.280 e. The van der Waals surface area contributed by atoms with Crippen LogP contribution < -0.4 is 0 Å². The van der Waals surface area contributed by atoms with Crippen LogP contribution >= 0.6 is 0 Å². The van der Waals surface area contributed by atoms with Crippen LogP contribution in [-0.4, -0.2) is 11.2 Å². The molecule has 0 aromatic rings. The van der Waals surface area contributed by atoms with Crippen LogP contribution in [0.5, 0.6) is 0 Å². The lowest BCUT2D eigenvalue weighted by atomic mass is 9.73. The third-order valence-electron chi connectivity index (χ3n) is 3.59. The Balaban J connectivity index is 2.10. The summed E-state index contributed by atoms with van der Waals surface area (Å²) in [7, 11) is 0. The minimum Gasteiger partial charge on any atom is -0.481 e. The minimum absolute atomic E-state index is 0.110. The Labute approximate surface area is 92.3 Å². The van der Waals surface area contributed by atoms with Gasteiger partial charge in [-0.3, -0.25) is 0 Å². The Morgan fingerprint density at radius 2 is 1.73 bits per heavy atom. The molecule has 0 spiro atoms. The van der Waals surface area contributed by atoms with Gasteiger partial charge in [0.15, 0.2) is 0 Å². The van der Waals surface area contributed by atoms with E-state index in [1.54, 1.807) is 0 Å². The average molecular weight is 210 g/mol. The van der Waals surface area contributed by atoms with E-state index < -0.39 is 0 Å². The Bertz CT molecular complexity index is 267. The second-order valence-corrected chi connectivity index (χ2v) is 5.96. The van der Waals surface area contributed by atoms with Crippen LogP contribution in [0.15, 0.2) is 11.5 Å². The highest BCUT2D eigenvalue weighted by molar-refractivity contribution is 5.24. The molecule has 2 heteroatoms. The zero-order chi connectivity index (χ0) is 11.1. The van der Waals surface area contributed by atoms with Gasteiger partial charge in [-0.05, 0) is 18.8 Å². The summed E-state index contributed by atoms with van der Waals surface area (Å²) in [5.41, 5.74) is 1.31. The quantitative estimate of drug-likeness (QED) is 0.713. The molecule has 2 aliphatic rings. The lowest BCUT2D eigenvalue weighted by Crippen LogP contribution is -2.42. The molecule has 0 amide bonds. The van der Waals surface area contributed by atoms with Gasteiger partial charge in [-0.25, -0.2) is 0 Å². The van der Waals surface area contributed by atoms with E-state index in [0.717, 1.165) is 0 Å². The summed E-state index contributed by atoms with van der Waals surface area (Å²) in [5, 5.41) is 9.65. The molecule has 1 aliphatic carbocycles. The lowest BCUT2D eigenvalue weighted by Gasteiger charge is -2.43. The first-order valence-electron chi connectivity index (χ1n) is 6.10. The molecule has 86 valence electrons. The second-order valence-electron chi connectivity index (χ2n) is 5.96. The van der Waals surface area contributed by atoms with Crippen molar-refractivity contribution in [1.29, 1.82) is 0 Å². The maximum absolute atomic E-state index is 9.65. The second kappa shape index (κ2) is 3.73. The largest absolute Gasteiger partial charge is 0.481 e. The SMILES string of the molecule is CC(C)(C)C1OC(O)=C1C1CCCCC1. The summed E-state index contributed by atoms with van der Waals surface area (Å²) in [6.45, 7) is 6.52. The van der Waals surface area contributed by atoms with Crippen molar-refractivity contribution in [3.63, 3.8) is 0 Å². The molecule has 1 unspecified atom stereocenters. The summed E-state index contributed by atoms with van der Waals surface area (Å²) >= 11 is 0. The van der Waals surface area contributed by atoms with E-state index in [2.05, 4.69) is 20.8 Å².